The van der Waals surface area contributed by atoms with Crippen molar-refractivity contribution in [1.29, 1.82) is 0 Å². The highest BCUT2D eigenvalue weighted by Crippen LogP contribution is 2.30. The number of nitrogens with zero attached hydrogens (tertiary/aromatic N) is 4. The molecule has 154 valence electrons. The zero-order chi connectivity index (χ0) is 20.5. The standard InChI is InChI=1S/C21H26FN5O2/c1-3-19(28)23-16-12-17-18(11-15(16)20(29)26-8-4-5-9-26)25(2)21(24-17)27-10-6-7-14(22)13-27/h3,11-12,14H,1,4-10,13H2,2H3,(H,23,28). The van der Waals surface area contributed by atoms with E-state index in [9.17, 15) is 14.0 Å². The minimum Gasteiger partial charge on any atom is -0.339 e. The van der Waals surface area contributed by atoms with Gasteiger partial charge in [-0.1, -0.05) is 6.58 Å². The maximum Gasteiger partial charge on any atom is 0.256 e. The van der Waals surface area contributed by atoms with E-state index in [1.807, 2.05) is 16.5 Å². The van der Waals surface area contributed by atoms with Crippen LogP contribution in [0.3, 0.4) is 0 Å². The van der Waals surface area contributed by atoms with Gasteiger partial charge in [-0.05, 0) is 43.9 Å². The molecule has 1 N–H and O–H groups in total. The van der Waals surface area contributed by atoms with E-state index in [4.69, 9.17) is 0 Å². The van der Waals surface area contributed by atoms with Gasteiger partial charge >= 0.3 is 0 Å². The van der Waals surface area contributed by atoms with Gasteiger partial charge in [-0.25, -0.2) is 9.37 Å². The van der Waals surface area contributed by atoms with Crippen LogP contribution >= 0.6 is 0 Å². The number of likely N-dealkylation sites (tertiary alicyclic amines) is 1. The molecule has 0 saturated carbocycles. The Morgan fingerprint density at radius 1 is 1.24 bits per heavy atom. The van der Waals surface area contributed by atoms with Crippen molar-refractivity contribution >= 4 is 34.5 Å². The van der Waals surface area contributed by atoms with Gasteiger partial charge in [0.15, 0.2) is 0 Å². The summed E-state index contributed by atoms with van der Waals surface area (Å²) < 4.78 is 15.8. The molecule has 1 aromatic carbocycles. The molecule has 8 heteroatoms. The molecule has 7 nitrogen and oxygen atoms in total. The van der Waals surface area contributed by atoms with E-state index in [1.54, 1.807) is 17.0 Å². The average molecular weight is 399 g/mol. The molecule has 29 heavy (non-hydrogen) atoms. The molecular weight excluding hydrogens is 373 g/mol. The fourth-order valence-corrected chi connectivity index (χ4v) is 4.17. The van der Waals surface area contributed by atoms with E-state index >= 15 is 0 Å². The Hall–Kier alpha value is -2.90. The smallest absolute Gasteiger partial charge is 0.256 e. The van der Waals surface area contributed by atoms with Crippen LogP contribution in [-0.4, -0.2) is 58.6 Å². The van der Waals surface area contributed by atoms with E-state index in [1.165, 1.54) is 6.08 Å². The van der Waals surface area contributed by atoms with Gasteiger partial charge in [0.25, 0.3) is 5.91 Å². The Balaban J connectivity index is 1.78. The van der Waals surface area contributed by atoms with Crippen LogP contribution in [0, 0.1) is 0 Å². The lowest BCUT2D eigenvalue weighted by Crippen LogP contribution is -2.37. The molecule has 2 aliphatic rings. The van der Waals surface area contributed by atoms with Crippen LogP contribution in [0.4, 0.5) is 16.0 Å². The third-order valence-corrected chi connectivity index (χ3v) is 5.71. The number of carbonyl (C=O) groups excluding carboxylic acids is 2. The largest absolute Gasteiger partial charge is 0.339 e. The lowest BCUT2D eigenvalue weighted by Gasteiger charge is -2.29. The molecule has 3 heterocycles. The summed E-state index contributed by atoms with van der Waals surface area (Å²) in [5.41, 5.74) is 2.29. The summed E-state index contributed by atoms with van der Waals surface area (Å²) in [7, 11) is 1.87. The van der Waals surface area contributed by atoms with Crippen LogP contribution in [0.25, 0.3) is 11.0 Å². The van der Waals surface area contributed by atoms with E-state index in [-0.39, 0.29) is 11.8 Å². The van der Waals surface area contributed by atoms with Crippen LogP contribution in [0.2, 0.25) is 0 Å². The number of nitrogens with one attached hydrogen (secondary N) is 1. The van der Waals surface area contributed by atoms with Gasteiger partial charge in [0.1, 0.15) is 6.17 Å². The molecule has 0 radical (unpaired) electrons. The van der Waals surface area contributed by atoms with Crippen molar-refractivity contribution in [3.05, 3.63) is 30.4 Å². The Morgan fingerprint density at radius 3 is 2.69 bits per heavy atom. The summed E-state index contributed by atoms with van der Waals surface area (Å²) in [6.45, 7) is 5.98. The fraction of sp³-hybridized carbons (Fsp3) is 0.476. The number of hydrogen-bond donors (Lipinski definition) is 1. The van der Waals surface area contributed by atoms with Crippen molar-refractivity contribution in [2.24, 2.45) is 7.05 Å². The first-order chi connectivity index (χ1) is 14.0. The molecule has 1 unspecified atom stereocenters. The lowest BCUT2D eigenvalue weighted by molar-refractivity contribution is -0.111. The van der Waals surface area contributed by atoms with E-state index in [2.05, 4.69) is 16.9 Å². The van der Waals surface area contributed by atoms with Crippen LogP contribution in [0.5, 0.6) is 0 Å². The maximum atomic E-state index is 13.9. The number of imidazole rings is 1. The second-order valence-electron chi connectivity index (χ2n) is 7.74. The number of rotatable bonds is 4. The van der Waals surface area contributed by atoms with E-state index < -0.39 is 6.17 Å². The quantitative estimate of drug-likeness (QED) is 0.803. The number of hydrogen-bond acceptors (Lipinski definition) is 4. The number of amides is 2. The van der Waals surface area contributed by atoms with Crippen LogP contribution in [-0.2, 0) is 11.8 Å². The summed E-state index contributed by atoms with van der Waals surface area (Å²) >= 11 is 0. The number of piperidine rings is 1. The van der Waals surface area contributed by atoms with Crippen LogP contribution in [0.15, 0.2) is 24.8 Å². The van der Waals surface area contributed by atoms with Gasteiger partial charge in [0.05, 0.1) is 28.8 Å². The zero-order valence-electron chi connectivity index (χ0n) is 16.7. The lowest BCUT2D eigenvalue weighted by atomic mass is 10.1. The maximum absolute atomic E-state index is 13.9. The minimum absolute atomic E-state index is 0.103. The summed E-state index contributed by atoms with van der Waals surface area (Å²) in [6.07, 6.45) is 3.64. The van der Waals surface area contributed by atoms with Crippen molar-refractivity contribution < 1.29 is 14.0 Å². The number of aromatic nitrogens is 2. The topological polar surface area (TPSA) is 70.5 Å². The Kier molecular flexibility index (Phi) is 5.25. The summed E-state index contributed by atoms with van der Waals surface area (Å²) in [4.78, 5) is 33.5. The fourth-order valence-electron chi connectivity index (χ4n) is 4.17. The Bertz CT molecular complexity index is 964. The molecular formula is C21H26FN5O2. The number of fused-ring (bicyclic) bond motifs is 1. The van der Waals surface area contributed by atoms with Gasteiger partial charge in [0.2, 0.25) is 11.9 Å². The van der Waals surface area contributed by atoms with Crippen molar-refractivity contribution in [3.63, 3.8) is 0 Å². The number of aryl methyl sites for hydroxylation is 1. The zero-order valence-corrected chi connectivity index (χ0v) is 16.7. The molecule has 1 aromatic heterocycles. The van der Waals surface area contributed by atoms with E-state index in [0.717, 1.165) is 31.3 Å². The number of carbonyl (C=O) groups is 2. The molecule has 4 rings (SSSR count). The third-order valence-electron chi connectivity index (χ3n) is 5.71. The van der Waals surface area contributed by atoms with Gasteiger partial charge in [-0.3, -0.25) is 9.59 Å². The first-order valence-corrected chi connectivity index (χ1v) is 10.1. The highest BCUT2D eigenvalue weighted by molar-refractivity contribution is 6.09. The number of alkyl halides is 1. The SMILES string of the molecule is C=CC(=O)Nc1cc2nc(N3CCCC(F)C3)n(C)c2cc1C(=O)N1CCCC1. The predicted molar refractivity (Wildman–Crippen MR) is 111 cm³/mol. The average Bonchev–Trinajstić information content (AvgIpc) is 3.35. The highest BCUT2D eigenvalue weighted by Gasteiger charge is 2.26. The molecule has 2 saturated heterocycles. The summed E-state index contributed by atoms with van der Waals surface area (Å²) in [5.74, 6) is 0.190. The van der Waals surface area contributed by atoms with Gasteiger partial charge in [0, 0.05) is 26.7 Å². The van der Waals surface area contributed by atoms with E-state index in [0.29, 0.717) is 48.8 Å². The second kappa shape index (κ2) is 7.85. The molecule has 2 aliphatic heterocycles. The first-order valence-electron chi connectivity index (χ1n) is 10.1. The van der Waals surface area contributed by atoms with Crippen molar-refractivity contribution in [2.75, 3.05) is 36.4 Å². The van der Waals surface area contributed by atoms with Gasteiger partial charge < -0.3 is 19.7 Å². The van der Waals surface area contributed by atoms with Gasteiger partial charge in [-0.2, -0.15) is 0 Å². The third kappa shape index (κ3) is 3.71. The normalized spacial score (nSPS) is 19.6. The minimum atomic E-state index is -0.863. The Labute approximate surface area is 169 Å². The molecule has 2 fully saturated rings. The number of halogens is 1. The predicted octanol–water partition coefficient (Wildman–Crippen LogP) is 2.87. The molecule has 0 aliphatic carbocycles. The Morgan fingerprint density at radius 2 is 2.00 bits per heavy atom. The van der Waals surface area contributed by atoms with Crippen molar-refractivity contribution in [3.8, 4) is 0 Å². The number of benzene rings is 1. The van der Waals surface area contributed by atoms with Crippen LogP contribution in [0.1, 0.15) is 36.0 Å². The van der Waals surface area contributed by atoms with Crippen molar-refractivity contribution in [1.82, 2.24) is 14.5 Å². The molecule has 0 bridgehead atoms. The second-order valence-corrected chi connectivity index (χ2v) is 7.74. The summed E-state index contributed by atoms with van der Waals surface area (Å²) in [6, 6.07) is 3.50. The molecule has 2 amide bonds. The highest BCUT2D eigenvalue weighted by atomic mass is 19.1. The summed E-state index contributed by atoms with van der Waals surface area (Å²) in [5, 5.41) is 2.74. The monoisotopic (exact) mass is 399 g/mol. The first kappa shape index (κ1) is 19.4. The molecule has 2 aromatic rings. The van der Waals surface area contributed by atoms with Crippen molar-refractivity contribution in [2.45, 2.75) is 31.9 Å². The number of anilines is 2. The molecule has 1 atom stereocenters. The van der Waals surface area contributed by atoms with Gasteiger partial charge in [-0.15, -0.1) is 0 Å². The molecule has 0 spiro atoms. The van der Waals surface area contributed by atoms with Crippen LogP contribution < -0.4 is 10.2 Å².